The van der Waals surface area contributed by atoms with Gasteiger partial charge in [0.15, 0.2) is 6.61 Å². The molecular weight excluding hydrogens is 412 g/mol. The third-order valence-corrected chi connectivity index (χ3v) is 6.45. The standard InChI is InChI=1S/C20H22N2O7S/c1-14-3-2-4-17(19(14)24)20(25)29-13-18(23)21-15-5-7-16(8-6-15)30(26,27)22-9-11-28-12-10-22/h2-8,24H,9-13H2,1H3,(H,21,23). The summed E-state index contributed by atoms with van der Waals surface area (Å²) < 4.78 is 36.6. The van der Waals surface area contributed by atoms with Gasteiger partial charge in [-0.1, -0.05) is 12.1 Å². The van der Waals surface area contributed by atoms with Crippen LogP contribution in [0.1, 0.15) is 15.9 Å². The number of morpholine rings is 1. The molecular formula is C20H22N2O7S. The number of phenols is 1. The van der Waals surface area contributed by atoms with Gasteiger partial charge in [0.25, 0.3) is 5.91 Å². The van der Waals surface area contributed by atoms with Crippen LogP contribution in [-0.2, 0) is 24.3 Å². The van der Waals surface area contributed by atoms with Crippen molar-refractivity contribution in [1.82, 2.24) is 4.31 Å². The molecule has 3 rings (SSSR count). The van der Waals surface area contributed by atoms with Crippen LogP contribution in [0.5, 0.6) is 5.75 Å². The molecule has 0 radical (unpaired) electrons. The average Bonchev–Trinajstić information content (AvgIpc) is 2.75. The summed E-state index contributed by atoms with van der Waals surface area (Å²) in [5.74, 6) is -1.61. The first-order chi connectivity index (χ1) is 14.3. The van der Waals surface area contributed by atoms with Crippen LogP contribution in [0.3, 0.4) is 0 Å². The zero-order chi connectivity index (χ0) is 21.7. The zero-order valence-corrected chi connectivity index (χ0v) is 17.1. The van der Waals surface area contributed by atoms with Gasteiger partial charge in [-0.25, -0.2) is 13.2 Å². The Labute approximate surface area is 174 Å². The highest BCUT2D eigenvalue weighted by atomic mass is 32.2. The number of para-hydroxylation sites is 1. The van der Waals surface area contributed by atoms with E-state index in [-0.39, 0.29) is 16.2 Å². The summed E-state index contributed by atoms with van der Waals surface area (Å²) in [4.78, 5) is 24.2. The van der Waals surface area contributed by atoms with Crippen LogP contribution in [0.4, 0.5) is 5.69 Å². The van der Waals surface area contributed by atoms with Gasteiger partial charge in [-0.3, -0.25) is 4.79 Å². The number of anilines is 1. The molecule has 2 N–H and O–H groups in total. The third-order valence-electron chi connectivity index (χ3n) is 4.54. The number of aryl methyl sites for hydroxylation is 1. The van der Waals surface area contributed by atoms with E-state index < -0.39 is 28.5 Å². The van der Waals surface area contributed by atoms with Gasteiger partial charge in [-0.05, 0) is 42.8 Å². The van der Waals surface area contributed by atoms with Crippen molar-refractivity contribution in [2.24, 2.45) is 0 Å². The van der Waals surface area contributed by atoms with E-state index in [9.17, 15) is 23.1 Å². The summed E-state index contributed by atoms with van der Waals surface area (Å²) >= 11 is 0. The topological polar surface area (TPSA) is 122 Å². The van der Waals surface area contributed by atoms with E-state index in [4.69, 9.17) is 9.47 Å². The minimum absolute atomic E-state index is 0.0273. The van der Waals surface area contributed by atoms with Crippen LogP contribution in [0.2, 0.25) is 0 Å². The SMILES string of the molecule is Cc1cccc(C(=O)OCC(=O)Nc2ccc(S(=O)(=O)N3CCOCC3)cc2)c1O. The molecule has 0 aromatic heterocycles. The Morgan fingerprint density at radius 1 is 1.13 bits per heavy atom. The lowest BCUT2D eigenvalue weighted by Crippen LogP contribution is -2.40. The normalized spacial score (nSPS) is 14.8. The number of nitrogens with one attached hydrogen (secondary N) is 1. The van der Waals surface area contributed by atoms with Crippen molar-refractivity contribution in [3.8, 4) is 5.75 Å². The summed E-state index contributed by atoms with van der Waals surface area (Å²) in [6.07, 6.45) is 0. The van der Waals surface area contributed by atoms with Gasteiger partial charge >= 0.3 is 5.97 Å². The van der Waals surface area contributed by atoms with Crippen LogP contribution in [-0.4, -0.2) is 62.6 Å². The molecule has 1 fully saturated rings. The molecule has 1 aliphatic rings. The minimum Gasteiger partial charge on any atom is -0.507 e. The van der Waals surface area contributed by atoms with Crippen molar-refractivity contribution in [2.75, 3.05) is 38.2 Å². The number of amides is 1. The molecule has 10 heteroatoms. The van der Waals surface area contributed by atoms with E-state index in [1.54, 1.807) is 19.1 Å². The fourth-order valence-corrected chi connectivity index (χ4v) is 4.28. The van der Waals surface area contributed by atoms with Crippen LogP contribution in [0.25, 0.3) is 0 Å². The Morgan fingerprint density at radius 3 is 2.47 bits per heavy atom. The van der Waals surface area contributed by atoms with E-state index in [0.717, 1.165) is 0 Å². The Kier molecular flexibility index (Phi) is 6.70. The van der Waals surface area contributed by atoms with E-state index in [1.807, 2.05) is 0 Å². The molecule has 9 nitrogen and oxygen atoms in total. The Morgan fingerprint density at radius 2 is 1.80 bits per heavy atom. The number of hydrogen-bond donors (Lipinski definition) is 2. The van der Waals surface area contributed by atoms with Gasteiger partial charge in [-0.15, -0.1) is 0 Å². The summed E-state index contributed by atoms with van der Waals surface area (Å²) in [6.45, 7) is 2.38. The Hall–Kier alpha value is -2.95. The number of phenolic OH excluding ortho intramolecular Hbond substituents is 1. The Bertz CT molecular complexity index is 1030. The number of ether oxygens (including phenoxy) is 2. The van der Waals surface area contributed by atoms with Gasteiger partial charge in [-0.2, -0.15) is 4.31 Å². The van der Waals surface area contributed by atoms with E-state index in [2.05, 4.69) is 5.32 Å². The number of rotatable bonds is 6. The molecule has 160 valence electrons. The molecule has 2 aromatic rings. The maximum absolute atomic E-state index is 12.6. The second kappa shape index (κ2) is 9.24. The minimum atomic E-state index is -3.62. The third kappa shape index (κ3) is 4.96. The van der Waals surface area contributed by atoms with Gasteiger partial charge < -0.3 is 19.9 Å². The van der Waals surface area contributed by atoms with Crippen LogP contribution >= 0.6 is 0 Å². The molecule has 1 aliphatic heterocycles. The molecule has 1 saturated heterocycles. The van der Waals surface area contributed by atoms with Gasteiger partial charge in [0, 0.05) is 18.8 Å². The predicted molar refractivity (Wildman–Crippen MR) is 108 cm³/mol. The molecule has 1 amide bonds. The number of sulfonamides is 1. The van der Waals surface area contributed by atoms with Gasteiger partial charge in [0.1, 0.15) is 11.3 Å². The molecule has 0 unspecified atom stereocenters. The maximum Gasteiger partial charge on any atom is 0.342 e. The summed E-state index contributed by atoms with van der Waals surface area (Å²) in [5, 5.41) is 12.4. The highest BCUT2D eigenvalue weighted by Gasteiger charge is 2.26. The second-order valence-corrected chi connectivity index (χ2v) is 8.57. The van der Waals surface area contributed by atoms with Crippen LogP contribution < -0.4 is 5.32 Å². The van der Waals surface area contributed by atoms with Crippen LogP contribution in [0, 0.1) is 6.92 Å². The summed E-state index contributed by atoms with van der Waals surface area (Å²) in [7, 11) is -3.62. The molecule has 1 heterocycles. The lowest BCUT2D eigenvalue weighted by Gasteiger charge is -2.26. The van der Waals surface area contributed by atoms with Crippen molar-refractivity contribution in [3.05, 3.63) is 53.6 Å². The highest BCUT2D eigenvalue weighted by Crippen LogP contribution is 2.22. The molecule has 0 atom stereocenters. The summed E-state index contributed by atoms with van der Waals surface area (Å²) in [5.41, 5.74) is 0.844. The van der Waals surface area contributed by atoms with Gasteiger partial charge in [0.2, 0.25) is 10.0 Å². The van der Waals surface area contributed by atoms with E-state index >= 15 is 0 Å². The second-order valence-electron chi connectivity index (χ2n) is 6.64. The smallest absolute Gasteiger partial charge is 0.342 e. The van der Waals surface area contributed by atoms with Crippen LogP contribution in [0.15, 0.2) is 47.4 Å². The van der Waals surface area contributed by atoms with E-state index in [1.165, 1.54) is 34.6 Å². The number of benzene rings is 2. The number of aromatic hydroxyl groups is 1. The van der Waals surface area contributed by atoms with E-state index in [0.29, 0.717) is 37.6 Å². The number of nitrogens with zero attached hydrogens (tertiary/aromatic N) is 1. The number of carbonyl (C=O) groups excluding carboxylic acids is 2. The molecule has 0 saturated carbocycles. The van der Waals surface area contributed by atoms with Gasteiger partial charge in [0.05, 0.1) is 18.1 Å². The lowest BCUT2D eigenvalue weighted by atomic mass is 10.1. The monoisotopic (exact) mass is 434 g/mol. The van der Waals surface area contributed by atoms with Crippen molar-refractivity contribution in [2.45, 2.75) is 11.8 Å². The molecule has 2 aromatic carbocycles. The largest absolute Gasteiger partial charge is 0.507 e. The van der Waals surface area contributed by atoms with Crippen molar-refractivity contribution < 1.29 is 32.6 Å². The number of esters is 1. The first-order valence-electron chi connectivity index (χ1n) is 9.22. The fraction of sp³-hybridized carbons (Fsp3) is 0.300. The van der Waals surface area contributed by atoms with Crippen molar-refractivity contribution >= 4 is 27.6 Å². The maximum atomic E-state index is 12.6. The average molecular weight is 434 g/mol. The first kappa shape index (κ1) is 21.8. The van der Waals surface area contributed by atoms with Crippen molar-refractivity contribution in [3.63, 3.8) is 0 Å². The fourth-order valence-electron chi connectivity index (χ4n) is 2.88. The lowest BCUT2D eigenvalue weighted by molar-refractivity contribution is -0.119. The molecule has 0 spiro atoms. The summed E-state index contributed by atoms with van der Waals surface area (Å²) in [6, 6.07) is 10.4. The number of hydrogen-bond acceptors (Lipinski definition) is 7. The molecule has 0 bridgehead atoms. The molecule has 30 heavy (non-hydrogen) atoms. The zero-order valence-electron chi connectivity index (χ0n) is 16.3. The highest BCUT2D eigenvalue weighted by molar-refractivity contribution is 7.89. The Balaban J connectivity index is 1.57. The quantitative estimate of drug-likeness (QED) is 0.661. The predicted octanol–water partition coefficient (Wildman–Crippen LogP) is 1.52. The molecule has 0 aliphatic carbocycles. The number of carbonyl (C=O) groups is 2. The van der Waals surface area contributed by atoms with Crippen molar-refractivity contribution in [1.29, 1.82) is 0 Å². The first-order valence-corrected chi connectivity index (χ1v) is 10.7.